The Morgan fingerprint density at radius 3 is 2.81 bits per heavy atom. The van der Waals surface area contributed by atoms with Gasteiger partial charge < -0.3 is 10.4 Å². The van der Waals surface area contributed by atoms with Crippen LogP contribution in [0.15, 0.2) is 18.2 Å². The Balaban J connectivity index is 2.92. The summed E-state index contributed by atoms with van der Waals surface area (Å²) in [5.41, 5.74) is 0.131. The fourth-order valence-electron chi connectivity index (χ4n) is 1.21. The van der Waals surface area contributed by atoms with Crippen LogP contribution in [0.2, 0.25) is 0 Å². The molecule has 1 rings (SSSR count). The number of halogens is 1. The van der Waals surface area contributed by atoms with Gasteiger partial charge in [-0.1, -0.05) is 12.8 Å². The number of terminal acetylenes is 1. The maximum Gasteiger partial charge on any atom is 0.335 e. The molecule has 16 heavy (non-hydrogen) atoms. The zero-order valence-electron chi connectivity index (χ0n) is 8.83. The molecule has 0 fully saturated rings. The number of carboxylic acid groups (broad SMARTS) is 1. The van der Waals surface area contributed by atoms with E-state index < -0.39 is 11.8 Å². The Morgan fingerprint density at radius 1 is 1.69 bits per heavy atom. The van der Waals surface area contributed by atoms with Gasteiger partial charge in [0, 0.05) is 0 Å². The predicted octanol–water partition coefficient (Wildman–Crippen LogP) is 2.35. The molecule has 0 aliphatic carbocycles. The highest BCUT2D eigenvalue weighted by Crippen LogP contribution is 2.17. The van der Waals surface area contributed by atoms with E-state index in [2.05, 4.69) is 11.2 Å². The van der Waals surface area contributed by atoms with Gasteiger partial charge in [0.1, 0.15) is 5.82 Å². The lowest BCUT2D eigenvalue weighted by molar-refractivity contribution is 0.0696. The zero-order valence-corrected chi connectivity index (χ0v) is 8.83. The molecule has 0 aliphatic heterocycles. The van der Waals surface area contributed by atoms with E-state index >= 15 is 0 Å². The first-order chi connectivity index (χ1) is 7.58. The van der Waals surface area contributed by atoms with E-state index in [1.165, 1.54) is 12.1 Å². The molecule has 4 heteroatoms. The number of hydrogen-bond donors (Lipinski definition) is 2. The quantitative estimate of drug-likeness (QED) is 0.767. The third kappa shape index (κ3) is 2.74. The predicted molar refractivity (Wildman–Crippen MR) is 59.9 cm³/mol. The van der Waals surface area contributed by atoms with Gasteiger partial charge >= 0.3 is 5.97 Å². The molecular weight excluding hydrogens is 209 g/mol. The number of carbonyl (C=O) groups is 1. The van der Waals surface area contributed by atoms with Gasteiger partial charge in [-0.3, -0.25) is 0 Å². The van der Waals surface area contributed by atoms with Crippen molar-refractivity contribution in [3.8, 4) is 12.3 Å². The lowest BCUT2D eigenvalue weighted by Gasteiger charge is -2.13. The molecule has 3 nitrogen and oxygen atoms in total. The van der Waals surface area contributed by atoms with Crippen molar-refractivity contribution in [3.63, 3.8) is 0 Å². The summed E-state index contributed by atoms with van der Waals surface area (Å²) in [5.74, 6) is 0.696. The van der Waals surface area contributed by atoms with Crippen molar-refractivity contribution >= 4 is 11.7 Å². The maximum atomic E-state index is 13.4. The van der Waals surface area contributed by atoms with Gasteiger partial charge in [0.25, 0.3) is 0 Å². The van der Waals surface area contributed by atoms with Gasteiger partial charge in [-0.05, 0) is 24.6 Å². The van der Waals surface area contributed by atoms with E-state index in [1.54, 1.807) is 0 Å². The number of nitrogens with one attached hydrogen (secondary N) is 1. The average Bonchev–Trinajstić information content (AvgIpc) is 2.27. The van der Waals surface area contributed by atoms with E-state index in [1.807, 2.05) is 6.92 Å². The molecule has 84 valence electrons. The van der Waals surface area contributed by atoms with Gasteiger partial charge in [-0.15, -0.1) is 6.42 Å². The largest absolute Gasteiger partial charge is 0.478 e. The summed E-state index contributed by atoms with van der Waals surface area (Å²) < 4.78 is 13.4. The normalized spacial score (nSPS) is 11.6. The molecule has 0 heterocycles. The summed E-state index contributed by atoms with van der Waals surface area (Å²) >= 11 is 0. The number of hydrogen-bond acceptors (Lipinski definition) is 2. The Kier molecular flexibility index (Phi) is 3.90. The van der Waals surface area contributed by atoms with Crippen molar-refractivity contribution in [1.29, 1.82) is 0 Å². The smallest absolute Gasteiger partial charge is 0.335 e. The second kappa shape index (κ2) is 5.17. The van der Waals surface area contributed by atoms with Crippen molar-refractivity contribution in [2.24, 2.45) is 0 Å². The van der Waals surface area contributed by atoms with Crippen LogP contribution in [0.3, 0.4) is 0 Å². The van der Waals surface area contributed by atoms with Crippen LogP contribution >= 0.6 is 0 Å². The molecule has 1 aromatic rings. The van der Waals surface area contributed by atoms with Crippen LogP contribution in [-0.2, 0) is 0 Å². The van der Waals surface area contributed by atoms with E-state index in [0.717, 1.165) is 6.07 Å². The van der Waals surface area contributed by atoms with Crippen LogP contribution in [0.1, 0.15) is 23.7 Å². The van der Waals surface area contributed by atoms with E-state index in [-0.39, 0.29) is 17.3 Å². The topological polar surface area (TPSA) is 49.3 Å². The zero-order chi connectivity index (χ0) is 12.1. The number of rotatable bonds is 4. The van der Waals surface area contributed by atoms with Crippen LogP contribution in [0.25, 0.3) is 0 Å². The molecular formula is C12H12FNO2. The minimum absolute atomic E-state index is 0.0863. The maximum absolute atomic E-state index is 13.4. The highest BCUT2D eigenvalue weighted by Gasteiger charge is 2.10. The highest BCUT2D eigenvalue weighted by molar-refractivity contribution is 5.88. The molecule has 1 atom stereocenters. The van der Waals surface area contributed by atoms with Gasteiger partial charge in [-0.2, -0.15) is 0 Å². The molecule has 0 saturated carbocycles. The van der Waals surface area contributed by atoms with Gasteiger partial charge in [-0.25, -0.2) is 9.18 Å². The number of benzene rings is 1. The third-order valence-electron chi connectivity index (χ3n) is 2.16. The van der Waals surface area contributed by atoms with Gasteiger partial charge in [0.2, 0.25) is 0 Å². The number of aromatic carboxylic acids is 1. The SMILES string of the molecule is C#CC(CC)Nc1ccc(C(=O)O)cc1F. The van der Waals surface area contributed by atoms with E-state index in [4.69, 9.17) is 11.5 Å². The minimum atomic E-state index is -1.16. The van der Waals surface area contributed by atoms with Gasteiger partial charge in [0.15, 0.2) is 0 Å². The van der Waals surface area contributed by atoms with Crippen LogP contribution < -0.4 is 5.32 Å². The lowest BCUT2D eigenvalue weighted by atomic mass is 10.1. The Morgan fingerprint density at radius 2 is 2.38 bits per heavy atom. The first-order valence-corrected chi connectivity index (χ1v) is 4.84. The van der Waals surface area contributed by atoms with Crippen molar-refractivity contribution < 1.29 is 14.3 Å². The minimum Gasteiger partial charge on any atom is -0.478 e. The molecule has 0 aromatic heterocycles. The summed E-state index contributed by atoms with van der Waals surface area (Å²) in [6.45, 7) is 1.88. The van der Waals surface area contributed by atoms with Gasteiger partial charge in [0.05, 0.1) is 17.3 Å². The van der Waals surface area contributed by atoms with Crippen LogP contribution in [0, 0.1) is 18.2 Å². The van der Waals surface area contributed by atoms with Crippen LogP contribution in [0.5, 0.6) is 0 Å². The van der Waals surface area contributed by atoms with Crippen molar-refractivity contribution in [1.82, 2.24) is 0 Å². The lowest BCUT2D eigenvalue weighted by Crippen LogP contribution is -2.16. The average molecular weight is 221 g/mol. The van der Waals surface area contributed by atoms with Crippen molar-refractivity contribution in [3.05, 3.63) is 29.6 Å². The van der Waals surface area contributed by atoms with E-state index in [0.29, 0.717) is 6.42 Å². The molecule has 0 saturated heterocycles. The Bertz CT molecular complexity index is 437. The first-order valence-electron chi connectivity index (χ1n) is 4.84. The number of carboxylic acids is 1. The highest BCUT2D eigenvalue weighted by atomic mass is 19.1. The summed E-state index contributed by atoms with van der Waals surface area (Å²) in [4.78, 5) is 10.6. The standard InChI is InChI=1S/C12H12FNO2/c1-3-9(4-2)14-11-6-5-8(12(15)16)7-10(11)13/h1,5-7,9,14H,4H2,2H3,(H,15,16). The van der Waals surface area contributed by atoms with Crippen molar-refractivity contribution in [2.45, 2.75) is 19.4 Å². The first kappa shape index (κ1) is 12.1. The molecule has 0 radical (unpaired) electrons. The molecule has 0 bridgehead atoms. The molecule has 1 unspecified atom stereocenters. The molecule has 2 N–H and O–H groups in total. The Hall–Kier alpha value is -2.02. The number of anilines is 1. The summed E-state index contributed by atoms with van der Waals surface area (Å²) in [6.07, 6.45) is 5.89. The van der Waals surface area contributed by atoms with Crippen LogP contribution in [0.4, 0.5) is 10.1 Å². The van der Waals surface area contributed by atoms with Crippen molar-refractivity contribution in [2.75, 3.05) is 5.32 Å². The third-order valence-corrected chi connectivity index (χ3v) is 2.16. The summed E-state index contributed by atoms with van der Waals surface area (Å²) in [5, 5.41) is 11.5. The molecule has 0 amide bonds. The monoisotopic (exact) mass is 221 g/mol. The molecule has 1 aromatic carbocycles. The summed E-state index contributed by atoms with van der Waals surface area (Å²) in [7, 11) is 0. The second-order valence-corrected chi connectivity index (χ2v) is 3.27. The Labute approximate surface area is 93.3 Å². The fourth-order valence-corrected chi connectivity index (χ4v) is 1.21. The molecule has 0 aliphatic rings. The fraction of sp³-hybridized carbons (Fsp3) is 0.250. The summed E-state index contributed by atoms with van der Waals surface area (Å²) in [6, 6.07) is 3.41. The van der Waals surface area contributed by atoms with Crippen LogP contribution in [-0.4, -0.2) is 17.1 Å². The van der Waals surface area contributed by atoms with E-state index in [9.17, 15) is 9.18 Å². The second-order valence-electron chi connectivity index (χ2n) is 3.27. The molecule has 0 spiro atoms.